The number of aryl methyl sites for hydroxylation is 1. The van der Waals surface area contributed by atoms with E-state index in [1.807, 2.05) is 0 Å². The molecule has 0 aliphatic rings. The van der Waals surface area contributed by atoms with E-state index >= 15 is 0 Å². The summed E-state index contributed by atoms with van der Waals surface area (Å²) in [4.78, 5) is 29.8. The summed E-state index contributed by atoms with van der Waals surface area (Å²) in [5.74, 6) is 0.980. The molecule has 7 heteroatoms. The van der Waals surface area contributed by atoms with Crippen molar-refractivity contribution in [2.24, 2.45) is 0 Å². The number of carbonyl (C=O) groups is 1. The van der Waals surface area contributed by atoms with Crippen molar-refractivity contribution in [3.05, 3.63) is 28.3 Å². The third kappa shape index (κ3) is 3.31. The van der Waals surface area contributed by atoms with Gasteiger partial charge in [-0.05, 0) is 13.0 Å². The SMILES string of the molecule is COC(=O)CCOc1cc2nc(C)[nH]c(=O)c2cc1OC. The number of methoxy groups -OCH3 is 2. The third-order valence-electron chi connectivity index (χ3n) is 2.90. The third-order valence-corrected chi connectivity index (χ3v) is 2.90. The first-order chi connectivity index (χ1) is 10.0. The van der Waals surface area contributed by atoms with Crippen LogP contribution in [0.2, 0.25) is 0 Å². The summed E-state index contributed by atoms with van der Waals surface area (Å²) in [6.45, 7) is 1.85. The summed E-state index contributed by atoms with van der Waals surface area (Å²) in [5.41, 5.74) is 0.266. The molecular formula is C14H16N2O5. The van der Waals surface area contributed by atoms with Gasteiger partial charge in [-0.3, -0.25) is 9.59 Å². The zero-order chi connectivity index (χ0) is 15.4. The number of H-pyrrole nitrogens is 1. The van der Waals surface area contributed by atoms with E-state index < -0.39 is 0 Å². The van der Waals surface area contributed by atoms with Crippen molar-refractivity contribution in [3.8, 4) is 11.5 Å². The van der Waals surface area contributed by atoms with Gasteiger partial charge in [-0.25, -0.2) is 4.98 Å². The summed E-state index contributed by atoms with van der Waals surface area (Å²) >= 11 is 0. The first kappa shape index (κ1) is 14.8. The fourth-order valence-corrected chi connectivity index (χ4v) is 1.88. The van der Waals surface area contributed by atoms with E-state index in [1.165, 1.54) is 14.2 Å². The molecule has 0 bridgehead atoms. The van der Waals surface area contributed by atoms with E-state index in [0.29, 0.717) is 28.2 Å². The molecule has 0 saturated carbocycles. The number of carbonyl (C=O) groups excluding carboxylic acids is 1. The number of esters is 1. The molecule has 0 spiro atoms. The van der Waals surface area contributed by atoms with Crippen LogP contribution in [0.1, 0.15) is 12.2 Å². The molecule has 2 rings (SSSR count). The number of fused-ring (bicyclic) bond motifs is 1. The maximum absolute atomic E-state index is 11.9. The van der Waals surface area contributed by atoms with Crippen LogP contribution in [0.15, 0.2) is 16.9 Å². The molecule has 0 unspecified atom stereocenters. The molecular weight excluding hydrogens is 276 g/mol. The molecule has 0 atom stereocenters. The highest BCUT2D eigenvalue weighted by Gasteiger charge is 2.11. The Bertz CT molecular complexity index is 723. The number of aromatic amines is 1. The van der Waals surface area contributed by atoms with Gasteiger partial charge in [0, 0.05) is 6.07 Å². The predicted octanol–water partition coefficient (Wildman–Crippen LogP) is 1.18. The second-order valence-electron chi connectivity index (χ2n) is 4.35. The van der Waals surface area contributed by atoms with E-state index in [9.17, 15) is 9.59 Å². The summed E-state index contributed by atoms with van der Waals surface area (Å²) in [6.07, 6.45) is 0.125. The first-order valence-corrected chi connectivity index (χ1v) is 6.33. The average Bonchev–Trinajstić information content (AvgIpc) is 2.46. The molecule has 2 aromatic rings. The van der Waals surface area contributed by atoms with E-state index in [1.54, 1.807) is 19.1 Å². The fourth-order valence-electron chi connectivity index (χ4n) is 1.88. The summed E-state index contributed by atoms with van der Waals surface area (Å²) < 4.78 is 15.2. The number of rotatable bonds is 5. The normalized spacial score (nSPS) is 10.4. The van der Waals surface area contributed by atoms with E-state index in [-0.39, 0.29) is 24.6 Å². The van der Waals surface area contributed by atoms with Gasteiger partial charge in [-0.1, -0.05) is 0 Å². The van der Waals surface area contributed by atoms with Crippen LogP contribution in [-0.4, -0.2) is 36.8 Å². The van der Waals surface area contributed by atoms with Crippen molar-refractivity contribution in [1.29, 1.82) is 0 Å². The second kappa shape index (κ2) is 6.25. The molecule has 0 radical (unpaired) electrons. The highest BCUT2D eigenvalue weighted by atomic mass is 16.5. The zero-order valence-electron chi connectivity index (χ0n) is 12.1. The number of nitrogens with one attached hydrogen (secondary N) is 1. The Labute approximate surface area is 120 Å². The summed E-state index contributed by atoms with van der Waals surface area (Å²) in [6, 6.07) is 3.18. The Morgan fingerprint density at radius 2 is 2.05 bits per heavy atom. The van der Waals surface area contributed by atoms with Gasteiger partial charge < -0.3 is 19.2 Å². The van der Waals surface area contributed by atoms with Gasteiger partial charge in [0.15, 0.2) is 11.5 Å². The Morgan fingerprint density at radius 3 is 2.71 bits per heavy atom. The van der Waals surface area contributed by atoms with Crippen molar-refractivity contribution in [2.45, 2.75) is 13.3 Å². The largest absolute Gasteiger partial charge is 0.493 e. The lowest BCUT2D eigenvalue weighted by Crippen LogP contribution is -2.11. The van der Waals surface area contributed by atoms with Crippen LogP contribution in [0, 0.1) is 6.92 Å². The lowest BCUT2D eigenvalue weighted by Gasteiger charge is -2.11. The van der Waals surface area contributed by atoms with Gasteiger partial charge in [0.1, 0.15) is 5.82 Å². The molecule has 7 nitrogen and oxygen atoms in total. The highest BCUT2D eigenvalue weighted by Crippen LogP contribution is 2.30. The average molecular weight is 292 g/mol. The molecule has 1 heterocycles. The molecule has 0 saturated heterocycles. The molecule has 0 aliphatic carbocycles. The van der Waals surface area contributed by atoms with Crippen LogP contribution in [0.4, 0.5) is 0 Å². The van der Waals surface area contributed by atoms with E-state index in [4.69, 9.17) is 9.47 Å². The zero-order valence-corrected chi connectivity index (χ0v) is 12.1. The lowest BCUT2D eigenvalue weighted by molar-refractivity contribution is -0.141. The Kier molecular flexibility index (Phi) is 4.42. The molecule has 0 fully saturated rings. The number of hydrogen-bond acceptors (Lipinski definition) is 6. The number of hydrogen-bond donors (Lipinski definition) is 1. The minimum atomic E-state index is -0.361. The minimum absolute atomic E-state index is 0.125. The molecule has 1 N–H and O–H groups in total. The van der Waals surface area contributed by atoms with Crippen molar-refractivity contribution in [2.75, 3.05) is 20.8 Å². The van der Waals surface area contributed by atoms with Crippen LogP contribution in [0.5, 0.6) is 11.5 Å². The van der Waals surface area contributed by atoms with Gasteiger partial charge in [0.25, 0.3) is 5.56 Å². The van der Waals surface area contributed by atoms with Crippen molar-refractivity contribution in [3.63, 3.8) is 0 Å². The van der Waals surface area contributed by atoms with Crippen LogP contribution in [0.3, 0.4) is 0 Å². The van der Waals surface area contributed by atoms with Gasteiger partial charge in [-0.2, -0.15) is 0 Å². The van der Waals surface area contributed by atoms with Crippen molar-refractivity contribution < 1.29 is 19.0 Å². The van der Waals surface area contributed by atoms with Gasteiger partial charge >= 0.3 is 5.97 Å². The Balaban J connectivity index is 2.34. The summed E-state index contributed by atoms with van der Waals surface area (Å²) in [7, 11) is 2.79. The maximum atomic E-state index is 11.9. The topological polar surface area (TPSA) is 90.5 Å². The Morgan fingerprint density at radius 1 is 1.29 bits per heavy atom. The molecule has 21 heavy (non-hydrogen) atoms. The molecule has 112 valence electrons. The quantitative estimate of drug-likeness (QED) is 0.832. The summed E-state index contributed by atoms with van der Waals surface area (Å²) in [5, 5.41) is 0.415. The minimum Gasteiger partial charge on any atom is -0.493 e. The Hall–Kier alpha value is -2.57. The molecule has 0 aliphatic heterocycles. The van der Waals surface area contributed by atoms with Gasteiger partial charge in [-0.15, -0.1) is 0 Å². The van der Waals surface area contributed by atoms with Gasteiger partial charge in [0.2, 0.25) is 0 Å². The number of nitrogens with zero attached hydrogens (tertiary/aromatic N) is 1. The van der Waals surface area contributed by atoms with E-state index in [0.717, 1.165) is 0 Å². The fraction of sp³-hybridized carbons (Fsp3) is 0.357. The monoisotopic (exact) mass is 292 g/mol. The lowest BCUT2D eigenvalue weighted by atomic mass is 10.2. The number of aromatic nitrogens is 2. The molecule has 0 amide bonds. The predicted molar refractivity (Wildman–Crippen MR) is 75.8 cm³/mol. The smallest absolute Gasteiger partial charge is 0.308 e. The van der Waals surface area contributed by atoms with Crippen LogP contribution < -0.4 is 15.0 Å². The van der Waals surface area contributed by atoms with E-state index in [2.05, 4.69) is 14.7 Å². The first-order valence-electron chi connectivity index (χ1n) is 6.33. The molecule has 1 aromatic heterocycles. The highest BCUT2D eigenvalue weighted by molar-refractivity contribution is 5.81. The van der Waals surface area contributed by atoms with Crippen molar-refractivity contribution in [1.82, 2.24) is 9.97 Å². The second-order valence-corrected chi connectivity index (χ2v) is 4.35. The van der Waals surface area contributed by atoms with Crippen LogP contribution in [0.25, 0.3) is 10.9 Å². The number of ether oxygens (including phenoxy) is 3. The van der Waals surface area contributed by atoms with Gasteiger partial charge in [0.05, 0.1) is 38.2 Å². The van der Waals surface area contributed by atoms with Crippen molar-refractivity contribution >= 4 is 16.9 Å². The maximum Gasteiger partial charge on any atom is 0.308 e. The van der Waals surface area contributed by atoms with Crippen LogP contribution >= 0.6 is 0 Å². The standard InChI is InChI=1S/C14H16N2O5/c1-8-15-10-7-12(21-5-4-13(17)20-3)11(19-2)6-9(10)14(18)16-8/h6-7H,4-5H2,1-3H3,(H,15,16,18). The number of benzene rings is 1. The molecule has 1 aromatic carbocycles. The van der Waals surface area contributed by atoms with Crippen LogP contribution in [-0.2, 0) is 9.53 Å².